The first-order valence-corrected chi connectivity index (χ1v) is 11.0. The van der Waals surface area contributed by atoms with Gasteiger partial charge in [-0.1, -0.05) is 18.2 Å². The predicted molar refractivity (Wildman–Crippen MR) is 121 cm³/mol. The SMILES string of the molecule is CN(C)C1=NC(N)(C2CCC(NCCc3ccc(F)c(F)c3)CC2)Nc2ccccc21. The van der Waals surface area contributed by atoms with Gasteiger partial charge < -0.3 is 15.5 Å². The molecular formula is C24H31F2N5. The van der Waals surface area contributed by atoms with Crippen LogP contribution >= 0.6 is 0 Å². The third-order valence-corrected chi connectivity index (χ3v) is 6.40. The minimum absolute atomic E-state index is 0.236. The first-order valence-electron chi connectivity index (χ1n) is 11.0. The van der Waals surface area contributed by atoms with Gasteiger partial charge in [-0.15, -0.1) is 0 Å². The number of nitrogens with two attached hydrogens (primary N) is 1. The van der Waals surface area contributed by atoms with Gasteiger partial charge in [0.2, 0.25) is 0 Å². The molecule has 2 aromatic rings. The number of nitrogens with zero attached hydrogens (tertiary/aromatic N) is 2. The standard InChI is InChI=1S/C24H31F2N5/c1-31(2)23-19-5-3-4-6-22(19)29-24(27,30-23)17-8-10-18(11-9-17)28-14-13-16-7-12-20(25)21(26)15-16/h3-7,12,15,17-18,28-29H,8-11,13-14,27H2,1-2H3. The lowest BCUT2D eigenvalue weighted by Crippen LogP contribution is -2.57. The minimum atomic E-state index is -0.815. The molecule has 4 rings (SSSR count). The van der Waals surface area contributed by atoms with E-state index in [9.17, 15) is 8.78 Å². The van der Waals surface area contributed by atoms with Crippen LogP contribution < -0.4 is 16.4 Å². The molecular weight excluding hydrogens is 396 g/mol. The van der Waals surface area contributed by atoms with Gasteiger partial charge in [-0.05, 0) is 68.5 Å². The summed E-state index contributed by atoms with van der Waals surface area (Å²) in [6.07, 6.45) is 4.64. The summed E-state index contributed by atoms with van der Waals surface area (Å²) in [7, 11) is 3.99. The van der Waals surface area contributed by atoms with Crippen molar-refractivity contribution in [3.05, 3.63) is 65.2 Å². The van der Waals surface area contributed by atoms with Crippen LogP contribution in [0.15, 0.2) is 47.5 Å². The number of rotatable bonds is 5. The molecule has 5 nitrogen and oxygen atoms in total. The fourth-order valence-electron chi connectivity index (χ4n) is 4.65. The minimum Gasteiger partial charge on any atom is -0.362 e. The van der Waals surface area contributed by atoms with Crippen LogP contribution in [0.2, 0.25) is 0 Å². The number of benzene rings is 2. The number of hydrogen-bond acceptors (Lipinski definition) is 5. The van der Waals surface area contributed by atoms with Gasteiger partial charge in [-0.25, -0.2) is 13.8 Å². The molecule has 1 heterocycles. The monoisotopic (exact) mass is 427 g/mol. The van der Waals surface area contributed by atoms with Gasteiger partial charge in [0.25, 0.3) is 0 Å². The highest BCUT2D eigenvalue weighted by Crippen LogP contribution is 2.37. The lowest BCUT2D eigenvalue weighted by Gasteiger charge is -2.43. The van der Waals surface area contributed by atoms with Crippen molar-refractivity contribution in [2.24, 2.45) is 16.6 Å². The van der Waals surface area contributed by atoms with E-state index < -0.39 is 17.4 Å². The van der Waals surface area contributed by atoms with Gasteiger partial charge in [-0.3, -0.25) is 5.73 Å². The molecule has 1 fully saturated rings. The fourth-order valence-corrected chi connectivity index (χ4v) is 4.65. The van der Waals surface area contributed by atoms with Crippen LogP contribution in [0.4, 0.5) is 14.5 Å². The second-order valence-electron chi connectivity index (χ2n) is 8.83. The van der Waals surface area contributed by atoms with Crippen molar-refractivity contribution in [1.29, 1.82) is 0 Å². The first kappa shape index (κ1) is 21.7. The molecule has 1 saturated carbocycles. The Morgan fingerprint density at radius 1 is 1.10 bits per heavy atom. The number of amidine groups is 1. The quantitative estimate of drug-likeness (QED) is 0.681. The van der Waals surface area contributed by atoms with E-state index in [0.717, 1.165) is 54.9 Å². The van der Waals surface area contributed by atoms with Gasteiger partial charge in [-0.2, -0.15) is 0 Å². The van der Waals surface area contributed by atoms with E-state index in [-0.39, 0.29) is 5.92 Å². The van der Waals surface area contributed by atoms with E-state index in [2.05, 4.69) is 22.8 Å². The number of fused-ring (bicyclic) bond motifs is 1. The van der Waals surface area contributed by atoms with Gasteiger partial charge in [0, 0.05) is 37.3 Å². The zero-order valence-electron chi connectivity index (χ0n) is 18.2. The van der Waals surface area contributed by atoms with Crippen molar-refractivity contribution in [2.45, 2.75) is 43.9 Å². The number of hydrogen-bond donors (Lipinski definition) is 3. The van der Waals surface area contributed by atoms with Crippen molar-refractivity contribution in [2.75, 3.05) is 26.0 Å². The third kappa shape index (κ3) is 4.72. The Morgan fingerprint density at radius 2 is 1.84 bits per heavy atom. The molecule has 0 aromatic heterocycles. The molecule has 1 atom stereocenters. The highest BCUT2D eigenvalue weighted by atomic mass is 19.2. The molecule has 166 valence electrons. The Bertz CT molecular complexity index is 953. The molecule has 1 aliphatic carbocycles. The number of halogens is 2. The van der Waals surface area contributed by atoms with Gasteiger partial charge in [0.05, 0.1) is 0 Å². The molecule has 1 aliphatic heterocycles. The Hall–Kier alpha value is -2.51. The molecule has 0 radical (unpaired) electrons. The first-order chi connectivity index (χ1) is 14.9. The summed E-state index contributed by atoms with van der Waals surface area (Å²) in [5, 5.41) is 7.06. The summed E-state index contributed by atoms with van der Waals surface area (Å²) in [5.74, 6) is -1.26. The zero-order valence-corrected chi connectivity index (χ0v) is 18.2. The van der Waals surface area contributed by atoms with Crippen molar-refractivity contribution in [1.82, 2.24) is 10.2 Å². The molecule has 2 aromatic carbocycles. The number of aliphatic imine (C=N–C) groups is 1. The van der Waals surface area contributed by atoms with Gasteiger partial charge in [0.15, 0.2) is 17.4 Å². The second-order valence-corrected chi connectivity index (χ2v) is 8.83. The number of nitrogens with one attached hydrogen (secondary N) is 2. The van der Waals surface area contributed by atoms with Gasteiger partial charge >= 0.3 is 0 Å². The number of anilines is 1. The normalized spacial score (nSPS) is 25.4. The van der Waals surface area contributed by atoms with E-state index in [1.165, 1.54) is 12.1 Å². The van der Waals surface area contributed by atoms with E-state index >= 15 is 0 Å². The number of para-hydroxylation sites is 1. The Kier molecular flexibility index (Phi) is 6.25. The van der Waals surface area contributed by atoms with E-state index in [1.807, 2.05) is 31.1 Å². The van der Waals surface area contributed by atoms with Crippen molar-refractivity contribution in [3.63, 3.8) is 0 Å². The summed E-state index contributed by atoms with van der Waals surface area (Å²) >= 11 is 0. The Labute approximate surface area is 182 Å². The molecule has 0 saturated heterocycles. The average molecular weight is 428 g/mol. The molecule has 0 amide bonds. The van der Waals surface area contributed by atoms with Crippen LogP contribution in [-0.2, 0) is 6.42 Å². The second kappa shape index (κ2) is 8.93. The van der Waals surface area contributed by atoms with Crippen LogP contribution in [0.5, 0.6) is 0 Å². The summed E-state index contributed by atoms with van der Waals surface area (Å²) in [6, 6.07) is 12.7. The van der Waals surface area contributed by atoms with Crippen LogP contribution in [0.25, 0.3) is 0 Å². The lowest BCUT2D eigenvalue weighted by molar-refractivity contribution is 0.207. The maximum atomic E-state index is 13.4. The van der Waals surface area contributed by atoms with E-state index in [1.54, 1.807) is 6.07 Å². The fraction of sp³-hybridized carbons (Fsp3) is 0.458. The highest BCUT2D eigenvalue weighted by molar-refractivity contribution is 6.05. The molecule has 2 aliphatic rings. The van der Waals surface area contributed by atoms with Crippen molar-refractivity contribution >= 4 is 11.5 Å². The van der Waals surface area contributed by atoms with E-state index in [0.29, 0.717) is 12.5 Å². The Balaban J connectivity index is 1.34. The average Bonchev–Trinajstić information content (AvgIpc) is 2.76. The largest absolute Gasteiger partial charge is 0.362 e. The van der Waals surface area contributed by atoms with Crippen molar-refractivity contribution < 1.29 is 8.78 Å². The Morgan fingerprint density at radius 3 is 2.55 bits per heavy atom. The van der Waals surface area contributed by atoms with Crippen molar-refractivity contribution in [3.8, 4) is 0 Å². The molecule has 7 heteroatoms. The van der Waals surface area contributed by atoms with Crippen LogP contribution in [0.3, 0.4) is 0 Å². The lowest BCUT2D eigenvalue weighted by atomic mass is 9.81. The maximum Gasteiger partial charge on any atom is 0.187 e. The smallest absolute Gasteiger partial charge is 0.187 e. The molecule has 31 heavy (non-hydrogen) atoms. The molecule has 0 bridgehead atoms. The topological polar surface area (TPSA) is 65.7 Å². The van der Waals surface area contributed by atoms with Crippen LogP contribution in [0.1, 0.15) is 36.8 Å². The van der Waals surface area contributed by atoms with E-state index in [4.69, 9.17) is 10.7 Å². The van der Waals surface area contributed by atoms with Crippen LogP contribution in [-0.4, -0.2) is 43.2 Å². The molecule has 1 unspecified atom stereocenters. The van der Waals surface area contributed by atoms with Crippen LogP contribution in [0, 0.1) is 17.6 Å². The molecule has 4 N–H and O–H groups in total. The van der Waals surface area contributed by atoms with Gasteiger partial charge in [0.1, 0.15) is 5.84 Å². The predicted octanol–water partition coefficient (Wildman–Crippen LogP) is 3.70. The highest BCUT2D eigenvalue weighted by Gasteiger charge is 2.40. The summed E-state index contributed by atoms with van der Waals surface area (Å²) < 4.78 is 26.4. The molecule has 0 spiro atoms. The summed E-state index contributed by atoms with van der Waals surface area (Å²) in [5.41, 5.74) is 9.71. The summed E-state index contributed by atoms with van der Waals surface area (Å²) in [6.45, 7) is 0.739. The third-order valence-electron chi connectivity index (χ3n) is 6.40. The zero-order chi connectivity index (χ0) is 22.0. The maximum absolute atomic E-state index is 13.4. The summed E-state index contributed by atoms with van der Waals surface area (Å²) in [4.78, 5) is 6.96.